The van der Waals surface area contributed by atoms with Crippen molar-refractivity contribution in [2.75, 3.05) is 7.11 Å². The van der Waals surface area contributed by atoms with Gasteiger partial charge in [0, 0.05) is 6.04 Å². The van der Waals surface area contributed by atoms with Gasteiger partial charge in [-0.3, -0.25) is 5.43 Å². The minimum atomic E-state index is 0.464. The minimum Gasteiger partial charge on any atom is -0.497 e. The van der Waals surface area contributed by atoms with Gasteiger partial charge in [-0.25, -0.2) is 0 Å². The van der Waals surface area contributed by atoms with Crippen LogP contribution in [0.25, 0.3) is 0 Å². The fraction of sp³-hybridized carbons (Fsp3) is 0.500. The Bertz CT molecular complexity index is 504. The second-order valence-electron chi connectivity index (χ2n) is 5.49. The van der Waals surface area contributed by atoms with Crippen LogP contribution >= 0.6 is 12.2 Å². The van der Waals surface area contributed by atoms with Crippen molar-refractivity contribution >= 4 is 23.5 Å². The lowest BCUT2D eigenvalue weighted by Gasteiger charge is -2.30. The molecule has 4 nitrogen and oxygen atoms in total. The van der Waals surface area contributed by atoms with Crippen LogP contribution in [0.5, 0.6) is 5.75 Å². The van der Waals surface area contributed by atoms with Gasteiger partial charge in [-0.1, -0.05) is 31.9 Å². The zero-order chi connectivity index (χ0) is 15.1. The molecule has 1 aromatic carbocycles. The number of nitrogens with one attached hydrogen (secondary N) is 2. The highest BCUT2D eigenvalue weighted by Gasteiger charge is 2.21. The molecule has 0 spiro atoms. The van der Waals surface area contributed by atoms with Gasteiger partial charge in [-0.15, -0.1) is 0 Å². The first kappa shape index (κ1) is 15.8. The maximum Gasteiger partial charge on any atom is 0.187 e. The van der Waals surface area contributed by atoms with Gasteiger partial charge >= 0.3 is 0 Å². The summed E-state index contributed by atoms with van der Waals surface area (Å²) in [6, 6.07) is 8.19. The zero-order valence-electron chi connectivity index (χ0n) is 12.6. The quantitative estimate of drug-likeness (QED) is 0.510. The largest absolute Gasteiger partial charge is 0.497 e. The van der Waals surface area contributed by atoms with Crippen LogP contribution in [-0.4, -0.2) is 24.5 Å². The summed E-state index contributed by atoms with van der Waals surface area (Å²) in [4.78, 5) is 0. The third kappa shape index (κ3) is 5.01. The Morgan fingerprint density at radius 2 is 2.19 bits per heavy atom. The first-order valence-corrected chi connectivity index (χ1v) is 7.83. The normalized spacial score (nSPS) is 22.0. The van der Waals surface area contributed by atoms with Gasteiger partial charge in [-0.2, -0.15) is 5.10 Å². The number of rotatable bonds is 4. The van der Waals surface area contributed by atoms with Crippen LogP contribution in [-0.2, 0) is 0 Å². The lowest BCUT2D eigenvalue weighted by molar-refractivity contribution is 0.308. The molecule has 0 aromatic heterocycles. The first-order valence-electron chi connectivity index (χ1n) is 7.42. The fourth-order valence-electron chi connectivity index (χ4n) is 2.62. The van der Waals surface area contributed by atoms with Crippen molar-refractivity contribution < 1.29 is 4.74 Å². The van der Waals surface area contributed by atoms with E-state index >= 15 is 0 Å². The number of methoxy groups -OCH3 is 1. The second-order valence-corrected chi connectivity index (χ2v) is 5.90. The van der Waals surface area contributed by atoms with E-state index in [1.807, 2.05) is 24.3 Å². The predicted molar refractivity (Wildman–Crippen MR) is 90.9 cm³/mol. The maximum absolute atomic E-state index is 5.29. The Hall–Kier alpha value is -1.62. The molecule has 0 aliphatic heterocycles. The molecule has 2 atom stereocenters. The highest BCUT2D eigenvalue weighted by atomic mass is 32.1. The third-order valence-corrected chi connectivity index (χ3v) is 4.11. The lowest BCUT2D eigenvalue weighted by atomic mass is 9.86. The average Bonchev–Trinajstić information content (AvgIpc) is 2.50. The molecule has 0 bridgehead atoms. The van der Waals surface area contributed by atoms with Crippen molar-refractivity contribution in [2.24, 2.45) is 11.0 Å². The van der Waals surface area contributed by atoms with Crippen molar-refractivity contribution in [3.05, 3.63) is 29.8 Å². The highest BCUT2D eigenvalue weighted by Crippen LogP contribution is 2.23. The Balaban J connectivity index is 1.81. The molecule has 1 fully saturated rings. The molecule has 5 heteroatoms. The smallest absolute Gasteiger partial charge is 0.187 e. The summed E-state index contributed by atoms with van der Waals surface area (Å²) in [5.41, 5.74) is 3.85. The van der Waals surface area contributed by atoms with E-state index in [1.165, 1.54) is 25.7 Å². The second kappa shape index (κ2) is 7.98. The summed E-state index contributed by atoms with van der Waals surface area (Å²) in [6.07, 6.45) is 6.79. The van der Waals surface area contributed by atoms with Crippen molar-refractivity contribution in [1.82, 2.24) is 10.7 Å². The molecule has 0 heterocycles. The van der Waals surface area contributed by atoms with Gasteiger partial charge in [0.05, 0.1) is 13.3 Å². The molecular weight excluding hydrogens is 282 g/mol. The van der Waals surface area contributed by atoms with E-state index in [4.69, 9.17) is 17.0 Å². The summed E-state index contributed by atoms with van der Waals surface area (Å²) in [5, 5.41) is 8.12. The molecule has 114 valence electrons. The number of benzene rings is 1. The fourth-order valence-corrected chi connectivity index (χ4v) is 2.82. The predicted octanol–water partition coefficient (Wildman–Crippen LogP) is 3.07. The number of hydrogen-bond acceptors (Lipinski definition) is 3. The third-order valence-electron chi connectivity index (χ3n) is 3.90. The molecule has 0 unspecified atom stereocenters. The van der Waals surface area contributed by atoms with Gasteiger partial charge < -0.3 is 10.1 Å². The molecule has 21 heavy (non-hydrogen) atoms. The highest BCUT2D eigenvalue weighted by molar-refractivity contribution is 7.80. The van der Waals surface area contributed by atoms with Crippen molar-refractivity contribution in [2.45, 2.75) is 38.6 Å². The van der Waals surface area contributed by atoms with Gasteiger partial charge in [-0.05, 0) is 48.7 Å². The molecule has 0 saturated heterocycles. The minimum absolute atomic E-state index is 0.464. The lowest BCUT2D eigenvalue weighted by Crippen LogP contribution is -2.44. The number of ether oxygens (including phenoxy) is 1. The summed E-state index contributed by atoms with van der Waals surface area (Å²) in [5.74, 6) is 1.48. The number of nitrogens with zero attached hydrogens (tertiary/aromatic N) is 1. The Labute approximate surface area is 132 Å². The SMILES string of the molecule is COc1cccc(/C=N\NC(=S)N[C@H]2CCCC[C@@H]2C)c1. The van der Waals surface area contributed by atoms with Gasteiger partial charge in [0.15, 0.2) is 5.11 Å². The topological polar surface area (TPSA) is 45.6 Å². The van der Waals surface area contributed by atoms with Crippen LogP contribution in [0.3, 0.4) is 0 Å². The molecular formula is C16H23N3OS. The summed E-state index contributed by atoms with van der Waals surface area (Å²) in [7, 11) is 1.65. The Morgan fingerprint density at radius 3 is 2.95 bits per heavy atom. The van der Waals surface area contributed by atoms with Crippen molar-refractivity contribution in [1.29, 1.82) is 0 Å². The van der Waals surface area contributed by atoms with Crippen LogP contribution in [0.2, 0.25) is 0 Å². The maximum atomic E-state index is 5.29. The van der Waals surface area contributed by atoms with Gasteiger partial charge in [0.1, 0.15) is 5.75 Å². The summed E-state index contributed by atoms with van der Waals surface area (Å²) < 4.78 is 5.17. The number of hydrazone groups is 1. The summed E-state index contributed by atoms with van der Waals surface area (Å²) in [6.45, 7) is 2.28. The molecule has 0 radical (unpaired) electrons. The van der Waals surface area contributed by atoms with E-state index in [0.29, 0.717) is 17.1 Å². The summed E-state index contributed by atoms with van der Waals surface area (Å²) >= 11 is 5.29. The molecule has 1 saturated carbocycles. The van der Waals surface area contributed by atoms with E-state index < -0.39 is 0 Å². The molecule has 0 amide bonds. The Morgan fingerprint density at radius 1 is 1.38 bits per heavy atom. The number of hydrogen-bond donors (Lipinski definition) is 2. The standard InChI is InChI=1S/C16H23N3OS/c1-12-6-3-4-9-15(12)18-16(21)19-17-11-13-7-5-8-14(10-13)20-2/h5,7-8,10-12,15H,3-4,6,9H2,1-2H3,(H2,18,19,21)/b17-11-/t12-,15-/m0/s1. The molecule has 2 N–H and O–H groups in total. The van der Waals surface area contributed by atoms with Crippen LogP contribution < -0.4 is 15.5 Å². The average molecular weight is 305 g/mol. The molecule has 1 aliphatic rings. The Kier molecular flexibility index (Phi) is 5.99. The van der Waals surface area contributed by atoms with Crippen molar-refractivity contribution in [3.63, 3.8) is 0 Å². The number of thiocarbonyl (C=S) groups is 1. The van der Waals surface area contributed by atoms with E-state index in [9.17, 15) is 0 Å². The van der Waals surface area contributed by atoms with E-state index in [0.717, 1.165) is 11.3 Å². The van der Waals surface area contributed by atoms with Crippen molar-refractivity contribution in [3.8, 4) is 5.75 Å². The molecule has 1 aliphatic carbocycles. The van der Waals surface area contributed by atoms with Gasteiger partial charge in [0.2, 0.25) is 0 Å². The van der Waals surface area contributed by atoms with Gasteiger partial charge in [0.25, 0.3) is 0 Å². The zero-order valence-corrected chi connectivity index (χ0v) is 13.5. The van der Waals surface area contributed by atoms with E-state index in [-0.39, 0.29) is 0 Å². The monoisotopic (exact) mass is 305 g/mol. The van der Waals surface area contributed by atoms with Crippen LogP contribution in [0, 0.1) is 5.92 Å². The van der Waals surface area contributed by atoms with Crippen LogP contribution in [0.15, 0.2) is 29.4 Å². The van der Waals surface area contributed by atoms with E-state index in [1.54, 1.807) is 13.3 Å². The van der Waals surface area contributed by atoms with Crippen LogP contribution in [0.1, 0.15) is 38.2 Å². The van der Waals surface area contributed by atoms with E-state index in [2.05, 4.69) is 22.8 Å². The first-order chi connectivity index (χ1) is 10.2. The molecule has 1 aromatic rings. The molecule has 2 rings (SSSR count). The van der Waals surface area contributed by atoms with Crippen LogP contribution in [0.4, 0.5) is 0 Å².